The molecule has 3 N–H and O–H groups in total. The van der Waals surface area contributed by atoms with Crippen LogP contribution in [0.25, 0.3) is 0 Å². The first-order chi connectivity index (χ1) is 8.24. The van der Waals surface area contributed by atoms with E-state index >= 15 is 0 Å². The summed E-state index contributed by atoms with van der Waals surface area (Å²) in [6, 6.07) is 0. The lowest BCUT2D eigenvalue weighted by molar-refractivity contribution is 0.352. The maximum Gasteiger partial charge on any atom is 0.219 e. The Labute approximate surface area is 112 Å². The molecule has 0 aromatic carbocycles. The van der Waals surface area contributed by atoms with E-state index in [1.807, 2.05) is 11.9 Å². The van der Waals surface area contributed by atoms with Crippen LogP contribution in [0.3, 0.4) is 0 Å². The third-order valence-corrected chi connectivity index (χ3v) is 3.24. The fourth-order valence-electron chi connectivity index (χ4n) is 1.53. The molecule has 0 radical (unpaired) electrons. The van der Waals surface area contributed by atoms with Gasteiger partial charge >= 0.3 is 0 Å². The zero-order valence-corrected chi connectivity index (χ0v) is 12.0. The smallest absolute Gasteiger partial charge is 0.219 e. The molecule has 0 saturated carbocycles. The number of nitrogens with one attached hydrogen (secondary N) is 1. The number of halogens is 1. The lowest BCUT2D eigenvalue weighted by atomic mass is 10.2. The second kappa shape index (κ2) is 8.47. The predicted octanol–water partition coefficient (Wildman–Crippen LogP) is 1.15. The molecule has 1 aliphatic heterocycles. The molecule has 6 heteroatoms. The van der Waals surface area contributed by atoms with E-state index in [4.69, 9.17) is 5.73 Å². The average Bonchev–Trinajstić information content (AvgIpc) is 2.84. The highest BCUT2D eigenvalue weighted by Crippen LogP contribution is 2.05. The Morgan fingerprint density at radius 3 is 3.06 bits per heavy atom. The van der Waals surface area contributed by atoms with Crippen molar-refractivity contribution < 1.29 is 0 Å². The summed E-state index contributed by atoms with van der Waals surface area (Å²) in [5.74, 6) is 0.711. The largest absolute Gasteiger partial charge is 0.353 e. The molecule has 0 fully saturated rings. The monoisotopic (exact) mass is 303 g/mol. The van der Waals surface area contributed by atoms with Gasteiger partial charge in [-0.3, -0.25) is 0 Å². The first-order valence-corrected chi connectivity index (χ1v) is 7.22. The molecule has 1 atom stereocenters. The molecule has 0 aliphatic carbocycles. The minimum absolute atomic E-state index is 0.0380. The second-order valence-corrected chi connectivity index (χ2v) is 4.94. The van der Waals surface area contributed by atoms with Crippen LogP contribution in [0.1, 0.15) is 25.7 Å². The minimum Gasteiger partial charge on any atom is -0.353 e. The van der Waals surface area contributed by atoms with Gasteiger partial charge in [0.05, 0.1) is 19.0 Å². The van der Waals surface area contributed by atoms with Crippen LogP contribution in [0.15, 0.2) is 9.98 Å². The molecule has 17 heavy (non-hydrogen) atoms. The molecule has 1 heterocycles. The Morgan fingerprint density at radius 2 is 2.41 bits per heavy atom. The van der Waals surface area contributed by atoms with Crippen molar-refractivity contribution in [1.82, 2.24) is 10.2 Å². The highest BCUT2D eigenvalue weighted by molar-refractivity contribution is 9.09. The average molecular weight is 304 g/mol. The topological polar surface area (TPSA) is 66.0 Å². The molecule has 0 aromatic heterocycles. The Balaban J connectivity index is 2.19. The summed E-state index contributed by atoms with van der Waals surface area (Å²) in [5.41, 5.74) is 6.05. The number of hydrogen-bond acceptors (Lipinski definition) is 4. The quantitative estimate of drug-likeness (QED) is 0.244. The number of aliphatic imine (C=N–C) groups is 2. The first-order valence-electron chi connectivity index (χ1n) is 6.10. The van der Waals surface area contributed by atoms with Crippen LogP contribution in [0.5, 0.6) is 0 Å². The van der Waals surface area contributed by atoms with Crippen molar-refractivity contribution in [2.24, 2.45) is 15.7 Å². The van der Waals surface area contributed by atoms with Gasteiger partial charge in [0.25, 0.3) is 0 Å². The van der Waals surface area contributed by atoms with Crippen molar-refractivity contribution in [3.63, 3.8) is 0 Å². The standard InChI is InChI=1S/C11H22BrN5/c1-17(9-16-11-14-7-8-15-11)10(13)5-3-2-4-6-12/h9-10H,2-8,13H2,1H3,(H,14,15). The molecule has 0 bridgehead atoms. The molecule has 1 aliphatic rings. The Hall–Kier alpha value is -0.620. The van der Waals surface area contributed by atoms with Gasteiger partial charge in [-0.15, -0.1) is 0 Å². The SMILES string of the molecule is CN(C=NC1=NCCN1)C(N)CCCCCBr. The zero-order valence-electron chi connectivity index (χ0n) is 10.4. The highest BCUT2D eigenvalue weighted by atomic mass is 79.9. The Bertz CT molecular complexity index is 267. The molecule has 0 saturated heterocycles. The highest BCUT2D eigenvalue weighted by Gasteiger charge is 2.07. The van der Waals surface area contributed by atoms with Gasteiger partial charge in [-0.05, 0) is 12.8 Å². The van der Waals surface area contributed by atoms with Gasteiger partial charge in [0, 0.05) is 18.9 Å². The van der Waals surface area contributed by atoms with Crippen molar-refractivity contribution in [3.05, 3.63) is 0 Å². The van der Waals surface area contributed by atoms with E-state index in [2.05, 4.69) is 31.2 Å². The molecule has 0 aromatic rings. The number of alkyl halides is 1. The van der Waals surface area contributed by atoms with E-state index in [9.17, 15) is 0 Å². The van der Waals surface area contributed by atoms with Crippen molar-refractivity contribution in [1.29, 1.82) is 0 Å². The Kier molecular flexibility index (Phi) is 7.19. The molecule has 0 amide bonds. The van der Waals surface area contributed by atoms with Crippen LogP contribution >= 0.6 is 15.9 Å². The van der Waals surface area contributed by atoms with E-state index in [0.717, 1.165) is 31.3 Å². The van der Waals surface area contributed by atoms with Crippen LogP contribution in [-0.2, 0) is 0 Å². The van der Waals surface area contributed by atoms with Crippen LogP contribution < -0.4 is 11.1 Å². The lowest BCUT2D eigenvalue weighted by Crippen LogP contribution is -2.38. The maximum atomic E-state index is 6.05. The summed E-state index contributed by atoms with van der Waals surface area (Å²) >= 11 is 3.43. The Morgan fingerprint density at radius 1 is 1.59 bits per heavy atom. The van der Waals surface area contributed by atoms with Crippen LogP contribution in [0, 0.1) is 0 Å². The van der Waals surface area contributed by atoms with E-state index in [1.54, 1.807) is 6.34 Å². The van der Waals surface area contributed by atoms with Crippen molar-refractivity contribution >= 4 is 28.2 Å². The maximum absolute atomic E-state index is 6.05. The van der Waals surface area contributed by atoms with Gasteiger partial charge in [-0.25, -0.2) is 9.98 Å². The van der Waals surface area contributed by atoms with Gasteiger partial charge in [0.15, 0.2) is 0 Å². The van der Waals surface area contributed by atoms with Crippen molar-refractivity contribution in [2.75, 3.05) is 25.5 Å². The van der Waals surface area contributed by atoms with Gasteiger partial charge in [0.2, 0.25) is 5.96 Å². The third-order valence-electron chi connectivity index (χ3n) is 2.68. The molecular weight excluding hydrogens is 282 g/mol. The summed E-state index contributed by atoms with van der Waals surface area (Å²) in [6.45, 7) is 1.70. The lowest BCUT2D eigenvalue weighted by Gasteiger charge is -2.21. The van der Waals surface area contributed by atoms with E-state index < -0.39 is 0 Å². The van der Waals surface area contributed by atoms with Gasteiger partial charge in [-0.2, -0.15) is 0 Å². The van der Waals surface area contributed by atoms with Gasteiger partial charge < -0.3 is 16.0 Å². The number of nitrogens with two attached hydrogens (primary N) is 1. The number of guanidine groups is 1. The van der Waals surface area contributed by atoms with Crippen LogP contribution in [-0.4, -0.2) is 48.8 Å². The van der Waals surface area contributed by atoms with Gasteiger partial charge in [0.1, 0.15) is 0 Å². The summed E-state index contributed by atoms with van der Waals surface area (Å²) in [4.78, 5) is 10.4. The van der Waals surface area contributed by atoms with Gasteiger partial charge in [-0.1, -0.05) is 28.8 Å². The molecule has 0 spiro atoms. The molecule has 1 rings (SSSR count). The van der Waals surface area contributed by atoms with E-state index in [1.165, 1.54) is 12.8 Å². The first kappa shape index (κ1) is 14.4. The summed E-state index contributed by atoms with van der Waals surface area (Å²) in [5, 5.41) is 4.16. The third kappa shape index (κ3) is 6.02. The fourth-order valence-corrected chi connectivity index (χ4v) is 1.93. The van der Waals surface area contributed by atoms with Crippen LogP contribution in [0.4, 0.5) is 0 Å². The molecule has 5 nitrogen and oxygen atoms in total. The predicted molar refractivity (Wildman–Crippen MR) is 76.8 cm³/mol. The molecular formula is C11H22BrN5. The second-order valence-electron chi connectivity index (χ2n) is 4.15. The number of hydrogen-bond donors (Lipinski definition) is 2. The summed E-state index contributed by atoms with van der Waals surface area (Å²) in [7, 11) is 1.95. The van der Waals surface area contributed by atoms with E-state index in [-0.39, 0.29) is 6.17 Å². The summed E-state index contributed by atoms with van der Waals surface area (Å²) in [6.07, 6.45) is 6.38. The number of unbranched alkanes of at least 4 members (excludes halogenated alkanes) is 2. The van der Waals surface area contributed by atoms with Crippen molar-refractivity contribution in [2.45, 2.75) is 31.8 Å². The fraction of sp³-hybridized carbons (Fsp3) is 0.818. The van der Waals surface area contributed by atoms with E-state index in [0.29, 0.717) is 5.96 Å². The molecule has 1 unspecified atom stereocenters. The molecule has 98 valence electrons. The van der Waals surface area contributed by atoms with Crippen molar-refractivity contribution in [3.8, 4) is 0 Å². The summed E-state index contributed by atoms with van der Waals surface area (Å²) < 4.78 is 0. The normalized spacial score (nSPS) is 17.0. The van der Waals surface area contributed by atoms with Crippen LogP contribution in [0.2, 0.25) is 0 Å². The number of nitrogens with zero attached hydrogens (tertiary/aromatic N) is 3. The minimum atomic E-state index is 0.0380. The number of rotatable bonds is 7. The zero-order chi connectivity index (χ0) is 12.5.